The molecule has 1 unspecified atom stereocenters. The van der Waals surface area contributed by atoms with Gasteiger partial charge in [-0.3, -0.25) is 4.90 Å². The van der Waals surface area contributed by atoms with E-state index in [1.54, 1.807) is 11.8 Å². The fraction of sp³-hybridized carbons (Fsp3) is 0.875. The van der Waals surface area contributed by atoms with Gasteiger partial charge >= 0.3 is 0 Å². The van der Waals surface area contributed by atoms with E-state index in [0.717, 1.165) is 18.5 Å². The lowest BCUT2D eigenvalue weighted by Gasteiger charge is -2.33. The van der Waals surface area contributed by atoms with Gasteiger partial charge in [0.25, 0.3) is 0 Å². The largest absolute Gasteiger partial charge is 0.318 e. The quantitative estimate of drug-likeness (QED) is 0.556. The molecule has 4 heteroatoms. The summed E-state index contributed by atoms with van der Waals surface area (Å²) in [5.41, 5.74) is 0.292. The Labute approximate surface area is 78.6 Å². The Balaban J connectivity index is 2.52. The highest BCUT2D eigenvalue weighted by Crippen LogP contribution is 1.97. The molecule has 1 aliphatic rings. The first-order chi connectivity index (χ1) is 5.54. The zero-order valence-electron chi connectivity index (χ0n) is 8.27. The molecule has 0 fully saturated rings. The average molecular weight is 188 g/mol. The molecule has 0 aromatic heterocycles. The van der Waals surface area contributed by atoms with Gasteiger partial charge in [0.1, 0.15) is 0 Å². The summed E-state index contributed by atoms with van der Waals surface area (Å²) >= 11 is 1.68. The van der Waals surface area contributed by atoms with Crippen LogP contribution in [0.2, 0.25) is 0 Å². The molecule has 0 bridgehead atoms. The van der Waals surface area contributed by atoms with Crippen LogP contribution in [0.1, 0.15) is 20.8 Å². The summed E-state index contributed by atoms with van der Waals surface area (Å²) in [6.07, 6.45) is 2.05. The Morgan fingerprint density at radius 2 is 2.17 bits per heavy atom. The third kappa shape index (κ3) is 2.38. The molecule has 1 atom stereocenters. The van der Waals surface area contributed by atoms with Gasteiger partial charge in [0.15, 0.2) is 18.5 Å². The summed E-state index contributed by atoms with van der Waals surface area (Å²) in [7, 11) is 0. The van der Waals surface area contributed by atoms with Crippen LogP contribution in [0.25, 0.3) is 0 Å². The maximum absolute atomic E-state index is 4.43. The first kappa shape index (κ1) is 9.86. The number of nitrogens with one attached hydrogen (secondary N) is 2. The molecule has 0 aromatic rings. The molecule has 1 aliphatic heterocycles. The van der Waals surface area contributed by atoms with E-state index < -0.39 is 0 Å². The zero-order valence-corrected chi connectivity index (χ0v) is 9.09. The van der Waals surface area contributed by atoms with Crippen LogP contribution in [0, 0.1) is 0 Å². The molecular weight excluding hydrogens is 170 g/mol. The second-order valence-corrected chi connectivity index (χ2v) is 4.83. The molecule has 1 rings (SSSR count). The molecule has 0 saturated heterocycles. The topological polar surface area (TPSA) is 28.8 Å². The van der Waals surface area contributed by atoms with Gasteiger partial charge in [-0.05, 0) is 27.0 Å². The Bertz CT molecular complexity index is 183. The Hall–Kier alpha value is -0.220. The lowest BCUT2D eigenvalue weighted by Crippen LogP contribution is -3.20. The fourth-order valence-corrected chi connectivity index (χ4v) is 1.51. The van der Waals surface area contributed by atoms with E-state index in [1.807, 2.05) is 6.26 Å². The van der Waals surface area contributed by atoms with Gasteiger partial charge < -0.3 is 5.32 Å². The van der Waals surface area contributed by atoms with E-state index in [1.165, 1.54) is 4.90 Å². The molecule has 12 heavy (non-hydrogen) atoms. The molecule has 2 N–H and O–H groups in total. The van der Waals surface area contributed by atoms with Crippen LogP contribution in [-0.4, -0.2) is 30.3 Å². The number of aliphatic imine (C=N–C) groups is 1. The summed E-state index contributed by atoms with van der Waals surface area (Å²) in [5.74, 6) is 0. The molecule has 70 valence electrons. The predicted molar refractivity (Wildman–Crippen MR) is 54.5 cm³/mol. The number of thioether (sulfide) groups is 1. The fourth-order valence-electron chi connectivity index (χ4n) is 1.10. The van der Waals surface area contributed by atoms with Gasteiger partial charge in [-0.15, -0.1) is 0 Å². The standard InChI is InChI=1S/C8H17N3S/c1-8(2,3)11-5-9-7(12-4)10-6-11/h5-6H2,1-4H3,(H,9,10)/p+1. The van der Waals surface area contributed by atoms with Crippen LogP contribution in [0.15, 0.2) is 4.99 Å². The molecule has 0 aromatic carbocycles. The van der Waals surface area contributed by atoms with Crippen LogP contribution in [-0.2, 0) is 0 Å². The Morgan fingerprint density at radius 3 is 2.50 bits per heavy atom. The first-order valence-electron chi connectivity index (χ1n) is 4.21. The smallest absolute Gasteiger partial charge is 0.175 e. The number of hydrogen-bond donors (Lipinski definition) is 2. The minimum atomic E-state index is 0.292. The number of amidine groups is 1. The monoisotopic (exact) mass is 188 g/mol. The average Bonchev–Trinajstić information content (AvgIpc) is 2.03. The molecule has 0 amide bonds. The molecule has 3 nitrogen and oxygen atoms in total. The molecule has 1 heterocycles. The van der Waals surface area contributed by atoms with Crippen molar-refractivity contribution in [3.8, 4) is 0 Å². The molecular formula is C8H18N3S+. The molecule has 0 radical (unpaired) electrons. The van der Waals surface area contributed by atoms with Gasteiger partial charge in [0.2, 0.25) is 0 Å². The summed E-state index contributed by atoms with van der Waals surface area (Å²) in [4.78, 5) is 5.91. The molecule has 0 saturated carbocycles. The van der Waals surface area contributed by atoms with Crippen molar-refractivity contribution in [2.45, 2.75) is 26.3 Å². The van der Waals surface area contributed by atoms with E-state index >= 15 is 0 Å². The third-order valence-corrected chi connectivity index (χ3v) is 2.78. The lowest BCUT2D eigenvalue weighted by molar-refractivity contribution is -0.949. The summed E-state index contributed by atoms with van der Waals surface area (Å²) in [6, 6.07) is 0. The summed E-state index contributed by atoms with van der Waals surface area (Å²) in [5, 5.41) is 4.37. The van der Waals surface area contributed by atoms with Gasteiger partial charge in [-0.1, -0.05) is 11.8 Å². The van der Waals surface area contributed by atoms with Gasteiger partial charge in [-0.25, -0.2) is 4.99 Å². The third-order valence-electron chi connectivity index (χ3n) is 2.12. The maximum atomic E-state index is 4.43. The second-order valence-electron chi connectivity index (χ2n) is 4.03. The Kier molecular flexibility index (Phi) is 3.01. The highest BCUT2D eigenvalue weighted by atomic mass is 32.2. The lowest BCUT2D eigenvalue weighted by atomic mass is 10.1. The van der Waals surface area contributed by atoms with E-state index in [-0.39, 0.29) is 0 Å². The molecule has 0 aliphatic carbocycles. The first-order valence-corrected chi connectivity index (χ1v) is 5.44. The van der Waals surface area contributed by atoms with Gasteiger partial charge in [0.05, 0.1) is 5.54 Å². The van der Waals surface area contributed by atoms with E-state index in [2.05, 4.69) is 31.1 Å². The van der Waals surface area contributed by atoms with Crippen molar-refractivity contribution in [1.82, 2.24) is 5.32 Å². The number of quaternary nitrogens is 1. The van der Waals surface area contributed by atoms with Crippen molar-refractivity contribution in [2.75, 3.05) is 19.6 Å². The van der Waals surface area contributed by atoms with E-state index in [4.69, 9.17) is 0 Å². The van der Waals surface area contributed by atoms with Crippen LogP contribution in [0.3, 0.4) is 0 Å². The van der Waals surface area contributed by atoms with E-state index in [9.17, 15) is 0 Å². The van der Waals surface area contributed by atoms with Crippen molar-refractivity contribution in [3.63, 3.8) is 0 Å². The summed E-state index contributed by atoms with van der Waals surface area (Å²) in [6.45, 7) is 8.60. The second kappa shape index (κ2) is 3.66. The van der Waals surface area contributed by atoms with Crippen molar-refractivity contribution in [1.29, 1.82) is 0 Å². The van der Waals surface area contributed by atoms with Crippen LogP contribution in [0.4, 0.5) is 0 Å². The van der Waals surface area contributed by atoms with Gasteiger partial charge in [0, 0.05) is 0 Å². The van der Waals surface area contributed by atoms with E-state index in [0.29, 0.717) is 5.54 Å². The van der Waals surface area contributed by atoms with Crippen molar-refractivity contribution < 1.29 is 4.90 Å². The van der Waals surface area contributed by atoms with Crippen LogP contribution >= 0.6 is 11.8 Å². The number of hydrogen-bond acceptors (Lipinski definition) is 3. The highest BCUT2D eigenvalue weighted by Gasteiger charge is 2.26. The van der Waals surface area contributed by atoms with Crippen molar-refractivity contribution in [2.24, 2.45) is 4.99 Å². The highest BCUT2D eigenvalue weighted by molar-refractivity contribution is 8.13. The maximum Gasteiger partial charge on any atom is 0.175 e. The van der Waals surface area contributed by atoms with Crippen molar-refractivity contribution in [3.05, 3.63) is 0 Å². The van der Waals surface area contributed by atoms with Crippen LogP contribution in [0.5, 0.6) is 0 Å². The zero-order chi connectivity index (χ0) is 9.19. The van der Waals surface area contributed by atoms with Gasteiger partial charge in [-0.2, -0.15) is 0 Å². The minimum absolute atomic E-state index is 0.292. The SMILES string of the molecule is CSC1=NC[NH+](C(C)(C)C)CN1. The molecule has 0 spiro atoms. The predicted octanol–water partition coefficient (Wildman–Crippen LogP) is -0.0930. The minimum Gasteiger partial charge on any atom is -0.318 e. The van der Waals surface area contributed by atoms with Crippen molar-refractivity contribution >= 4 is 16.9 Å². The summed E-state index contributed by atoms with van der Waals surface area (Å²) < 4.78 is 0. The number of rotatable bonds is 0. The normalized spacial score (nSPS) is 24.7. The Morgan fingerprint density at radius 1 is 1.50 bits per heavy atom. The number of nitrogens with zero attached hydrogens (tertiary/aromatic N) is 1. The van der Waals surface area contributed by atoms with Crippen LogP contribution < -0.4 is 10.2 Å².